The standard InChI is InChI=1S/C48H28N4O/c1-2-13-29(14-3-1)43-45-44(35-18-5-11-24-42(35)53-45)51-46(50-43)32-16-12-15-30(27-32)31-25-26-34-33-17-4-6-19-36(33)48(38(34)28-31)37-20-7-9-22-40(37)52-41-23-10-8-21-39(41)49-47(48)52/h1-28H. The molecule has 1 unspecified atom stereocenters. The molecule has 0 N–H and O–H groups in total. The zero-order valence-corrected chi connectivity index (χ0v) is 28.4. The summed E-state index contributed by atoms with van der Waals surface area (Å²) in [7, 11) is 0. The minimum absolute atomic E-state index is 0.559. The second-order valence-electron chi connectivity index (χ2n) is 14.0. The van der Waals surface area contributed by atoms with E-state index in [-0.39, 0.29) is 0 Å². The fraction of sp³-hybridized carbons (Fsp3) is 0.0208. The quantitative estimate of drug-likeness (QED) is 0.187. The summed E-state index contributed by atoms with van der Waals surface area (Å²) in [6, 6.07) is 60.0. The molecule has 2 aliphatic rings. The largest absolute Gasteiger partial charge is 0.452 e. The van der Waals surface area contributed by atoms with Gasteiger partial charge in [0.1, 0.15) is 28.0 Å². The van der Waals surface area contributed by atoms with Crippen molar-refractivity contribution in [2.75, 3.05) is 0 Å². The lowest BCUT2D eigenvalue weighted by Crippen LogP contribution is -2.27. The molecule has 53 heavy (non-hydrogen) atoms. The van der Waals surface area contributed by atoms with Crippen LogP contribution in [0.4, 0.5) is 0 Å². The van der Waals surface area contributed by atoms with Gasteiger partial charge >= 0.3 is 0 Å². The third-order valence-electron chi connectivity index (χ3n) is 11.2. The molecule has 0 bridgehead atoms. The van der Waals surface area contributed by atoms with Crippen molar-refractivity contribution in [1.82, 2.24) is 19.5 Å². The van der Waals surface area contributed by atoms with Crippen LogP contribution < -0.4 is 0 Å². The van der Waals surface area contributed by atoms with E-state index in [1.165, 1.54) is 33.5 Å². The molecule has 12 rings (SSSR count). The average Bonchev–Trinajstić information content (AvgIpc) is 3.95. The fourth-order valence-corrected chi connectivity index (χ4v) is 8.97. The molecule has 0 saturated heterocycles. The van der Waals surface area contributed by atoms with Crippen molar-refractivity contribution >= 4 is 33.1 Å². The maximum absolute atomic E-state index is 6.37. The van der Waals surface area contributed by atoms with Gasteiger partial charge in [0.25, 0.3) is 0 Å². The Morgan fingerprint density at radius 1 is 0.491 bits per heavy atom. The smallest absolute Gasteiger partial charge is 0.180 e. The van der Waals surface area contributed by atoms with E-state index in [2.05, 4.69) is 138 Å². The van der Waals surface area contributed by atoms with Crippen LogP contribution >= 0.6 is 0 Å². The van der Waals surface area contributed by atoms with Crippen molar-refractivity contribution < 1.29 is 4.42 Å². The van der Waals surface area contributed by atoms with Gasteiger partial charge in [-0.25, -0.2) is 15.0 Å². The molecule has 0 fully saturated rings. The van der Waals surface area contributed by atoms with E-state index in [0.717, 1.165) is 61.3 Å². The molecule has 4 heterocycles. The van der Waals surface area contributed by atoms with E-state index >= 15 is 0 Å². The van der Waals surface area contributed by atoms with Gasteiger partial charge in [0.15, 0.2) is 11.4 Å². The summed E-state index contributed by atoms with van der Waals surface area (Å²) in [5.41, 5.74) is 16.3. The SMILES string of the molecule is c1ccc(-c2nc(-c3cccc(-c4ccc5c(c4)C4(c6ccccc6-5)c5ccccc5-n5c4nc4ccccc45)c3)nc3c2oc2ccccc23)cc1. The molecular formula is C48H28N4O. The van der Waals surface area contributed by atoms with E-state index in [1.54, 1.807) is 0 Å². The number of benzene rings is 7. The Morgan fingerprint density at radius 2 is 1.21 bits per heavy atom. The lowest BCUT2D eigenvalue weighted by Gasteiger charge is -2.27. The number of hydrogen-bond acceptors (Lipinski definition) is 4. The van der Waals surface area contributed by atoms with E-state index in [1.807, 2.05) is 36.4 Å². The highest BCUT2D eigenvalue weighted by atomic mass is 16.3. The summed E-state index contributed by atoms with van der Waals surface area (Å²) in [6.45, 7) is 0. The first-order valence-electron chi connectivity index (χ1n) is 18.0. The molecule has 0 radical (unpaired) electrons. The number of para-hydroxylation sites is 4. The molecule has 0 saturated carbocycles. The first kappa shape index (κ1) is 28.6. The highest BCUT2D eigenvalue weighted by molar-refractivity contribution is 6.07. The number of rotatable bonds is 3. The summed E-state index contributed by atoms with van der Waals surface area (Å²) < 4.78 is 8.75. The van der Waals surface area contributed by atoms with Crippen LogP contribution in [-0.4, -0.2) is 19.5 Å². The Kier molecular flexibility index (Phi) is 5.64. The van der Waals surface area contributed by atoms with Crippen LogP contribution in [0, 0.1) is 0 Å². The van der Waals surface area contributed by atoms with E-state index in [0.29, 0.717) is 11.4 Å². The monoisotopic (exact) mass is 676 g/mol. The third-order valence-corrected chi connectivity index (χ3v) is 11.2. The van der Waals surface area contributed by atoms with Gasteiger partial charge in [0.05, 0.1) is 16.7 Å². The van der Waals surface area contributed by atoms with Crippen LogP contribution in [0.5, 0.6) is 0 Å². The van der Waals surface area contributed by atoms with Crippen LogP contribution in [0.15, 0.2) is 174 Å². The van der Waals surface area contributed by atoms with E-state index < -0.39 is 5.41 Å². The first-order chi connectivity index (χ1) is 26.3. The molecule has 7 aromatic carbocycles. The second kappa shape index (κ2) is 10.5. The Bertz CT molecular complexity index is 3140. The summed E-state index contributed by atoms with van der Waals surface area (Å²) in [6.07, 6.45) is 0. The molecule has 3 aromatic heterocycles. The van der Waals surface area contributed by atoms with Gasteiger partial charge in [-0.3, -0.25) is 4.57 Å². The van der Waals surface area contributed by atoms with Crippen LogP contribution in [0.2, 0.25) is 0 Å². The third kappa shape index (κ3) is 3.78. The van der Waals surface area contributed by atoms with Gasteiger partial charge in [-0.2, -0.15) is 0 Å². The molecular weight excluding hydrogens is 649 g/mol. The minimum Gasteiger partial charge on any atom is -0.452 e. The molecule has 5 nitrogen and oxygen atoms in total. The average molecular weight is 677 g/mol. The highest BCUT2D eigenvalue weighted by Crippen LogP contribution is 2.60. The maximum atomic E-state index is 6.37. The zero-order chi connectivity index (χ0) is 34.7. The first-order valence-corrected chi connectivity index (χ1v) is 18.0. The van der Waals surface area contributed by atoms with Crippen molar-refractivity contribution in [2.24, 2.45) is 0 Å². The number of hydrogen-bond donors (Lipinski definition) is 0. The molecule has 1 spiro atoms. The van der Waals surface area contributed by atoms with E-state index in [9.17, 15) is 0 Å². The summed E-state index contributed by atoms with van der Waals surface area (Å²) in [4.78, 5) is 15.7. The number of imidazole rings is 1. The normalized spacial score (nSPS) is 15.2. The molecule has 246 valence electrons. The van der Waals surface area contributed by atoms with Gasteiger partial charge in [0.2, 0.25) is 0 Å². The van der Waals surface area contributed by atoms with Gasteiger partial charge in [-0.05, 0) is 81.4 Å². The highest BCUT2D eigenvalue weighted by Gasteiger charge is 2.54. The van der Waals surface area contributed by atoms with Crippen molar-refractivity contribution in [3.63, 3.8) is 0 Å². The van der Waals surface area contributed by atoms with Crippen molar-refractivity contribution in [1.29, 1.82) is 0 Å². The lowest BCUT2D eigenvalue weighted by atomic mass is 9.72. The topological polar surface area (TPSA) is 56.7 Å². The molecule has 1 aliphatic carbocycles. The molecule has 5 heteroatoms. The Morgan fingerprint density at radius 3 is 2.15 bits per heavy atom. The van der Waals surface area contributed by atoms with Gasteiger partial charge < -0.3 is 4.42 Å². The van der Waals surface area contributed by atoms with Crippen LogP contribution in [0.1, 0.15) is 22.5 Å². The maximum Gasteiger partial charge on any atom is 0.180 e. The predicted molar refractivity (Wildman–Crippen MR) is 211 cm³/mol. The van der Waals surface area contributed by atoms with E-state index in [4.69, 9.17) is 19.4 Å². The fourth-order valence-electron chi connectivity index (χ4n) is 8.97. The van der Waals surface area contributed by atoms with Crippen LogP contribution in [0.3, 0.4) is 0 Å². The summed E-state index contributed by atoms with van der Waals surface area (Å²) in [5, 5.41) is 0.978. The lowest BCUT2D eigenvalue weighted by molar-refractivity contribution is 0.667. The Balaban J connectivity index is 1.07. The minimum atomic E-state index is -0.559. The Labute approximate surface area is 304 Å². The summed E-state index contributed by atoms with van der Waals surface area (Å²) in [5.74, 6) is 1.70. The van der Waals surface area contributed by atoms with Crippen LogP contribution in [0.25, 0.3) is 83.7 Å². The van der Waals surface area contributed by atoms with Gasteiger partial charge in [-0.15, -0.1) is 0 Å². The molecule has 1 aliphatic heterocycles. The van der Waals surface area contributed by atoms with Gasteiger partial charge in [0, 0.05) is 16.5 Å². The molecule has 1 atom stereocenters. The van der Waals surface area contributed by atoms with Gasteiger partial charge in [-0.1, -0.05) is 127 Å². The Hall–Kier alpha value is -7.11. The van der Waals surface area contributed by atoms with Crippen molar-refractivity contribution in [3.05, 3.63) is 192 Å². The molecule has 0 amide bonds. The zero-order valence-electron chi connectivity index (χ0n) is 28.4. The predicted octanol–water partition coefficient (Wildman–Crippen LogP) is 11.4. The second-order valence-corrected chi connectivity index (χ2v) is 14.0. The number of nitrogens with zero attached hydrogens (tertiary/aromatic N) is 4. The summed E-state index contributed by atoms with van der Waals surface area (Å²) >= 11 is 0. The number of fused-ring (bicyclic) bond motifs is 15. The van der Waals surface area contributed by atoms with Crippen molar-refractivity contribution in [3.8, 4) is 50.6 Å². The van der Waals surface area contributed by atoms with Crippen molar-refractivity contribution in [2.45, 2.75) is 5.41 Å². The number of aromatic nitrogens is 4. The number of furan rings is 1. The van der Waals surface area contributed by atoms with Crippen LogP contribution in [-0.2, 0) is 5.41 Å². The molecule has 10 aromatic rings.